The van der Waals surface area contributed by atoms with E-state index in [2.05, 4.69) is 11.4 Å². The van der Waals surface area contributed by atoms with E-state index in [1.54, 1.807) is 31.2 Å². The number of nitrogens with zero attached hydrogens (tertiary/aromatic N) is 2. The lowest BCUT2D eigenvalue weighted by Gasteiger charge is -2.25. The molecule has 1 atom stereocenters. The molecule has 0 radical (unpaired) electrons. The van der Waals surface area contributed by atoms with Crippen molar-refractivity contribution in [1.82, 2.24) is 10.2 Å². The van der Waals surface area contributed by atoms with Gasteiger partial charge >= 0.3 is 6.03 Å². The molecule has 3 rings (SSSR count). The van der Waals surface area contributed by atoms with Gasteiger partial charge in [0.2, 0.25) is 0 Å². The highest BCUT2D eigenvalue weighted by Gasteiger charge is 2.51. The Bertz CT molecular complexity index is 873. The molecule has 1 heterocycles. The molecule has 25 heavy (non-hydrogen) atoms. The molecule has 1 aliphatic heterocycles. The van der Waals surface area contributed by atoms with Crippen molar-refractivity contribution in [2.75, 3.05) is 0 Å². The number of imide groups is 1. The molecule has 6 heteroatoms. The van der Waals surface area contributed by atoms with Gasteiger partial charge in [-0.25, -0.2) is 9.18 Å². The molecular weight excluding hydrogens is 321 g/mol. The van der Waals surface area contributed by atoms with Crippen LogP contribution in [0.3, 0.4) is 0 Å². The number of carbonyl (C=O) groups is 2. The largest absolute Gasteiger partial charge is 0.325 e. The second-order valence-corrected chi connectivity index (χ2v) is 5.86. The number of halogens is 1. The van der Waals surface area contributed by atoms with Crippen LogP contribution in [0, 0.1) is 17.1 Å². The normalized spacial score (nSPS) is 19.6. The van der Waals surface area contributed by atoms with Crippen LogP contribution in [0.5, 0.6) is 0 Å². The van der Waals surface area contributed by atoms with Crippen LogP contribution >= 0.6 is 0 Å². The highest BCUT2D eigenvalue weighted by Crippen LogP contribution is 2.33. The maximum atomic E-state index is 13.2. The van der Waals surface area contributed by atoms with Gasteiger partial charge in [0.05, 0.1) is 18.2 Å². The van der Waals surface area contributed by atoms with E-state index in [9.17, 15) is 19.2 Å². The zero-order chi connectivity index (χ0) is 18.0. The Kier molecular flexibility index (Phi) is 4.24. The summed E-state index contributed by atoms with van der Waals surface area (Å²) in [4.78, 5) is 26.6. The van der Waals surface area contributed by atoms with Crippen LogP contribution in [-0.4, -0.2) is 16.8 Å². The van der Waals surface area contributed by atoms with Crippen molar-refractivity contribution in [2.45, 2.75) is 25.4 Å². The monoisotopic (exact) mass is 337 g/mol. The van der Waals surface area contributed by atoms with E-state index in [0.717, 1.165) is 4.90 Å². The fraction of sp³-hybridized carbons (Fsp3) is 0.211. The molecule has 0 bridgehead atoms. The lowest BCUT2D eigenvalue weighted by molar-refractivity contribution is -0.132. The summed E-state index contributed by atoms with van der Waals surface area (Å²) in [6.45, 7) is 1.80. The fourth-order valence-electron chi connectivity index (χ4n) is 3.08. The van der Waals surface area contributed by atoms with Crippen molar-refractivity contribution >= 4 is 11.9 Å². The second-order valence-electron chi connectivity index (χ2n) is 5.86. The van der Waals surface area contributed by atoms with Crippen LogP contribution in [0.25, 0.3) is 0 Å². The number of benzene rings is 2. The zero-order valence-electron chi connectivity index (χ0n) is 13.6. The first-order valence-corrected chi connectivity index (χ1v) is 7.90. The Hall–Kier alpha value is -3.20. The highest BCUT2D eigenvalue weighted by atomic mass is 19.1. The molecule has 0 unspecified atom stereocenters. The maximum absolute atomic E-state index is 13.2. The van der Waals surface area contributed by atoms with Crippen LogP contribution in [0.1, 0.15) is 30.0 Å². The van der Waals surface area contributed by atoms with Crippen molar-refractivity contribution in [1.29, 1.82) is 5.26 Å². The molecule has 5 nitrogen and oxygen atoms in total. The first-order chi connectivity index (χ1) is 12.0. The molecule has 1 fully saturated rings. The number of urea groups is 1. The molecule has 2 aromatic carbocycles. The average Bonchev–Trinajstić information content (AvgIpc) is 2.88. The molecule has 2 aromatic rings. The number of nitriles is 1. The standard InChI is InChI=1S/C19H16FN3O2/c1-2-19(15-7-9-16(20)10-8-15)17(24)23(18(25)22-19)12-14-6-4-3-5-13(14)11-21/h3-10H,2,12H2,1H3,(H,22,25)/t19-/m0/s1. The van der Waals surface area contributed by atoms with Crippen molar-refractivity contribution in [3.63, 3.8) is 0 Å². The van der Waals surface area contributed by atoms with Crippen molar-refractivity contribution in [2.24, 2.45) is 0 Å². The summed E-state index contributed by atoms with van der Waals surface area (Å²) in [7, 11) is 0. The van der Waals surface area contributed by atoms with Gasteiger partial charge in [-0.2, -0.15) is 5.26 Å². The van der Waals surface area contributed by atoms with E-state index in [-0.39, 0.29) is 6.54 Å². The summed E-state index contributed by atoms with van der Waals surface area (Å²) in [5.74, 6) is -0.814. The molecule has 0 spiro atoms. The van der Waals surface area contributed by atoms with Gasteiger partial charge in [-0.3, -0.25) is 9.69 Å². The Morgan fingerprint density at radius 2 is 1.84 bits per heavy atom. The first-order valence-electron chi connectivity index (χ1n) is 7.90. The molecule has 1 saturated heterocycles. The zero-order valence-corrected chi connectivity index (χ0v) is 13.6. The third-order valence-corrected chi connectivity index (χ3v) is 4.51. The Balaban J connectivity index is 1.96. The minimum absolute atomic E-state index is 0.0113. The van der Waals surface area contributed by atoms with Gasteiger partial charge in [0.1, 0.15) is 11.4 Å². The molecule has 3 amide bonds. The summed E-state index contributed by atoms with van der Waals surface area (Å²) >= 11 is 0. The number of hydrogen-bond acceptors (Lipinski definition) is 3. The predicted molar refractivity (Wildman–Crippen MR) is 88.6 cm³/mol. The van der Waals surface area contributed by atoms with E-state index in [4.69, 9.17) is 0 Å². The van der Waals surface area contributed by atoms with E-state index in [1.807, 2.05) is 0 Å². The van der Waals surface area contributed by atoms with Gasteiger partial charge in [0.15, 0.2) is 0 Å². The van der Waals surface area contributed by atoms with Crippen LogP contribution in [-0.2, 0) is 16.9 Å². The van der Waals surface area contributed by atoms with E-state index in [1.165, 1.54) is 24.3 Å². The number of rotatable bonds is 4. The molecular formula is C19H16FN3O2. The molecule has 0 saturated carbocycles. The Labute approximate surface area is 144 Å². The summed E-state index contributed by atoms with van der Waals surface area (Å²) in [6, 6.07) is 13.9. The first kappa shape index (κ1) is 16.7. The van der Waals surface area contributed by atoms with Gasteiger partial charge in [-0.15, -0.1) is 0 Å². The minimum Gasteiger partial charge on any atom is -0.319 e. The van der Waals surface area contributed by atoms with Crippen molar-refractivity contribution < 1.29 is 14.0 Å². The topological polar surface area (TPSA) is 73.2 Å². The minimum atomic E-state index is -1.22. The van der Waals surface area contributed by atoms with Gasteiger partial charge in [-0.1, -0.05) is 37.3 Å². The Morgan fingerprint density at radius 1 is 1.16 bits per heavy atom. The van der Waals surface area contributed by atoms with Crippen molar-refractivity contribution in [3.8, 4) is 6.07 Å². The van der Waals surface area contributed by atoms with Crippen LogP contribution in [0.15, 0.2) is 48.5 Å². The highest BCUT2D eigenvalue weighted by molar-refractivity contribution is 6.07. The molecule has 126 valence electrons. The lowest BCUT2D eigenvalue weighted by atomic mass is 9.87. The summed E-state index contributed by atoms with van der Waals surface area (Å²) in [5.41, 5.74) is 0.330. The summed E-state index contributed by atoms with van der Waals surface area (Å²) in [6.07, 6.45) is 0.333. The van der Waals surface area contributed by atoms with Gasteiger partial charge in [0, 0.05) is 0 Å². The van der Waals surface area contributed by atoms with E-state index >= 15 is 0 Å². The fourth-order valence-corrected chi connectivity index (χ4v) is 3.08. The molecule has 0 aromatic heterocycles. The van der Waals surface area contributed by atoms with Gasteiger partial charge in [0.25, 0.3) is 5.91 Å². The number of carbonyl (C=O) groups excluding carboxylic acids is 2. The van der Waals surface area contributed by atoms with Crippen LogP contribution < -0.4 is 5.32 Å². The van der Waals surface area contributed by atoms with Gasteiger partial charge in [-0.05, 0) is 35.7 Å². The Morgan fingerprint density at radius 3 is 2.48 bits per heavy atom. The quantitative estimate of drug-likeness (QED) is 0.872. The average molecular weight is 337 g/mol. The second kappa shape index (κ2) is 6.36. The van der Waals surface area contributed by atoms with Crippen molar-refractivity contribution in [3.05, 3.63) is 71.0 Å². The lowest BCUT2D eigenvalue weighted by Crippen LogP contribution is -2.43. The van der Waals surface area contributed by atoms with E-state index < -0.39 is 23.3 Å². The third kappa shape index (κ3) is 2.74. The molecule has 0 aliphatic carbocycles. The SMILES string of the molecule is CC[C@@]1(c2ccc(F)cc2)NC(=O)N(Cc2ccccc2C#N)C1=O. The summed E-state index contributed by atoms with van der Waals surface area (Å²) < 4.78 is 13.2. The predicted octanol–water partition coefficient (Wildman–Crippen LogP) is 3.05. The number of nitrogens with one attached hydrogen (secondary N) is 1. The van der Waals surface area contributed by atoms with Crippen LogP contribution in [0.2, 0.25) is 0 Å². The molecule has 1 N–H and O–H groups in total. The third-order valence-electron chi connectivity index (χ3n) is 4.51. The molecule has 1 aliphatic rings. The maximum Gasteiger partial charge on any atom is 0.325 e. The van der Waals surface area contributed by atoms with E-state index in [0.29, 0.717) is 23.1 Å². The number of amides is 3. The van der Waals surface area contributed by atoms with Gasteiger partial charge < -0.3 is 5.32 Å². The summed E-state index contributed by atoms with van der Waals surface area (Å²) in [5, 5.41) is 11.9. The number of hydrogen-bond donors (Lipinski definition) is 1. The smallest absolute Gasteiger partial charge is 0.319 e. The van der Waals surface area contributed by atoms with Crippen LogP contribution in [0.4, 0.5) is 9.18 Å².